The second-order valence-electron chi connectivity index (χ2n) is 5.42. The molecule has 0 spiro atoms. The Kier molecular flexibility index (Phi) is 6.65. The van der Waals surface area contributed by atoms with Crippen molar-refractivity contribution >= 4 is 12.1 Å². The fraction of sp³-hybridized carbons (Fsp3) is 0.467. The van der Waals surface area contributed by atoms with Gasteiger partial charge in [-0.1, -0.05) is 0 Å². The van der Waals surface area contributed by atoms with Crippen LogP contribution in [0.15, 0.2) is 24.3 Å². The molecule has 1 amide bonds. The summed E-state index contributed by atoms with van der Waals surface area (Å²) in [5.74, 6) is 0.224. The molecule has 0 atom stereocenters. The molecule has 1 aromatic rings. The Morgan fingerprint density at radius 2 is 1.77 bits per heavy atom. The first-order valence-electron chi connectivity index (χ1n) is 6.85. The molecule has 0 unspecified atom stereocenters. The maximum atomic E-state index is 11.3. The van der Waals surface area contributed by atoms with Crippen molar-refractivity contribution in [1.29, 1.82) is 0 Å². The van der Waals surface area contributed by atoms with E-state index in [0.29, 0.717) is 24.5 Å². The van der Waals surface area contributed by atoms with E-state index in [4.69, 9.17) is 9.47 Å². The molecule has 0 aliphatic rings. The number of hydrogen-bond acceptors (Lipinski definition) is 6. The molecule has 0 bridgehead atoms. The average Bonchev–Trinajstić information content (AvgIpc) is 2.45. The van der Waals surface area contributed by atoms with E-state index in [1.54, 1.807) is 45.0 Å². The number of esters is 1. The van der Waals surface area contributed by atoms with Gasteiger partial charge in [-0.05, 0) is 45.0 Å². The van der Waals surface area contributed by atoms with E-state index in [0.717, 1.165) is 0 Å². The zero-order valence-electron chi connectivity index (χ0n) is 13.3. The first-order chi connectivity index (χ1) is 10.3. The maximum absolute atomic E-state index is 11.3. The Morgan fingerprint density at radius 1 is 1.14 bits per heavy atom. The van der Waals surface area contributed by atoms with E-state index in [2.05, 4.69) is 15.6 Å². The van der Waals surface area contributed by atoms with Crippen LogP contribution in [0.5, 0.6) is 5.75 Å². The van der Waals surface area contributed by atoms with Gasteiger partial charge in [-0.25, -0.2) is 15.0 Å². The minimum atomic E-state index is -0.546. The van der Waals surface area contributed by atoms with Crippen LogP contribution in [-0.4, -0.2) is 37.9 Å². The Hall–Kier alpha value is -2.28. The largest absolute Gasteiger partial charge is 0.492 e. The monoisotopic (exact) mass is 310 g/mol. The SMILES string of the molecule is COC(=O)c1ccc(OCCNNC(=O)OC(C)(C)C)cc1. The van der Waals surface area contributed by atoms with E-state index < -0.39 is 17.7 Å². The van der Waals surface area contributed by atoms with Crippen molar-refractivity contribution in [2.24, 2.45) is 0 Å². The van der Waals surface area contributed by atoms with Crippen molar-refractivity contribution in [3.63, 3.8) is 0 Å². The minimum Gasteiger partial charge on any atom is -0.492 e. The van der Waals surface area contributed by atoms with Gasteiger partial charge in [0.25, 0.3) is 0 Å². The number of carbonyl (C=O) groups excluding carboxylic acids is 2. The van der Waals surface area contributed by atoms with Crippen molar-refractivity contribution in [2.45, 2.75) is 26.4 Å². The fourth-order valence-corrected chi connectivity index (χ4v) is 1.46. The van der Waals surface area contributed by atoms with Crippen molar-refractivity contribution < 1.29 is 23.8 Å². The van der Waals surface area contributed by atoms with Gasteiger partial charge < -0.3 is 14.2 Å². The predicted molar refractivity (Wildman–Crippen MR) is 80.6 cm³/mol. The smallest absolute Gasteiger partial charge is 0.422 e. The summed E-state index contributed by atoms with van der Waals surface area (Å²) < 4.78 is 15.1. The topological polar surface area (TPSA) is 85.9 Å². The molecule has 2 N–H and O–H groups in total. The average molecular weight is 310 g/mol. The van der Waals surface area contributed by atoms with E-state index in [9.17, 15) is 9.59 Å². The molecule has 0 aromatic heterocycles. The quantitative estimate of drug-likeness (QED) is 0.474. The summed E-state index contributed by atoms with van der Waals surface area (Å²) >= 11 is 0. The Morgan fingerprint density at radius 3 is 2.32 bits per heavy atom. The van der Waals surface area contributed by atoms with Crippen molar-refractivity contribution in [2.75, 3.05) is 20.3 Å². The first kappa shape index (κ1) is 17.8. The lowest BCUT2D eigenvalue weighted by molar-refractivity contribution is 0.0495. The number of carbonyl (C=O) groups is 2. The zero-order chi connectivity index (χ0) is 16.6. The summed E-state index contributed by atoms with van der Waals surface area (Å²) in [7, 11) is 1.33. The van der Waals surface area contributed by atoms with Gasteiger partial charge in [0.05, 0.1) is 12.7 Å². The molecule has 7 heteroatoms. The van der Waals surface area contributed by atoms with Gasteiger partial charge in [0.15, 0.2) is 0 Å². The molecule has 0 fully saturated rings. The van der Waals surface area contributed by atoms with Crippen LogP contribution < -0.4 is 15.6 Å². The third-order valence-electron chi connectivity index (χ3n) is 2.36. The van der Waals surface area contributed by atoms with E-state index in [-0.39, 0.29) is 0 Å². The van der Waals surface area contributed by atoms with Crippen LogP contribution in [0.3, 0.4) is 0 Å². The van der Waals surface area contributed by atoms with Crippen LogP contribution in [0, 0.1) is 0 Å². The molecular weight excluding hydrogens is 288 g/mol. The highest BCUT2D eigenvalue weighted by molar-refractivity contribution is 5.89. The van der Waals surface area contributed by atoms with Gasteiger partial charge in [-0.15, -0.1) is 0 Å². The summed E-state index contributed by atoms with van der Waals surface area (Å²) in [6, 6.07) is 6.59. The summed E-state index contributed by atoms with van der Waals surface area (Å²) in [5.41, 5.74) is 5.02. The number of methoxy groups -OCH3 is 1. The summed E-state index contributed by atoms with van der Waals surface area (Å²) in [5, 5.41) is 0. The van der Waals surface area contributed by atoms with Gasteiger partial charge >= 0.3 is 12.1 Å². The van der Waals surface area contributed by atoms with Crippen LogP contribution in [0.2, 0.25) is 0 Å². The highest BCUT2D eigenvalue weighted by Crippen LogP contribution is 2.12. The van der Waals surface area contributed by atoms with Crippen molar-refractivity contribution in [1.82, 2.24) is 10.9 Å². The molecule has 0 heterocycles. The molecule has 1 rings (SSSR count). The third kappa shape index (κ3) is 6.94. The van der Waals surface area contributed by atoms with Crippen molar-refractivity contribution in [3.05, 3.63) is 29.8 Å². The molecule has 0 saturated heterocycles. The highest BCUT2D eigenvalue weighted by atomic mass is 16.6. The maximum Gasteiger partial charge on any atom is 0.422 e. The van der Waals surface area contributed by atoms with E-state index in [1.165, 1.54) is 7.11 Å². The number of hydrazine groups is 1. The number of nitrogens with one attached hydrogen (secondary N) is 2. The van der Waals surface area contributed by atoms with Crippen LogP contribution in [0.4, 0.5) is 4.79 Å². The summed E-state index contributed by atoms with van der Waals surface area (Å²) in [4.78, 5) is 22.6. The molecular formula is C15H22N2O5. The summed E-state index contributed by atoms with van der Waals surface area (Å²) in [6.45, 7) is 6.10. The zero-order valence-corrected chi connectivity index (χ0v) is 13.3. The van der Waals surface area contributed by atoms with Crippen LogP contribution in [-0.2, 0) is 9.47 Å². The second kappa shape index (κ2) is 8.23. The number of hydrogen-bond donors (Lipinski definition) is 2. The third-order valence-corrected chi connectivity index (χ3v) is 2.36. The molecule has 122 valence electrons. The fourth-order valence-electron chi connectivity index (χ4n) is 1.46. The number of ether oxygens (including phenoxy) is 3. The lowest BCUT2D eigenvalue weighted by atomic mass is 10.2. The van der Waals surface area contributed by atoms with Gasteiger partial charge in [0.1, 0.15) is 18.0 Å². The summed E-state index contributed by atoms with van der Waals surface area (Å²) in [6.07, 6.45) is -0.546. The normalized spacial score (nSPS) is 10.7. The molecule has 0 radical (unpaired) electrons. The second-order valence-corrected chi connectivity index (χ2v) is 5.42. The Bertz CT molecular complexity index is 494. The van der Waals surface area contributed by atoms with Crippen LogP contribution in [0.1, 0.15) is 31.1 Å². The van der Waals surface area contributed by atoms with Crippen molar-refractivity contribution in [3.8, 4) is 5.75 Å². The number of rotatable bonds is 6. The standard InChI is InChI=1S/C15H22N2O5/c1-15(2,3)22-14(19)17-16-9-10-21-12-7-5-11(6-8-12)13(18)20-4/h5-8,16H,9-10H2,1-4H3,(H,17,19). The van der Waals surface area contributed by atoms with Gasteiger partial charge in [-0.3, -0.25) is 5.43 Å². The van der Waals surface area contributed by atoms with E-state index >= 15 is 0 Å². The highest BCUT2D eigenvalue weighted by Gasteiger charge is 2.15. The van der Waals surface area contributed by atoms with E-state index in [1.807, 2.05) is 0 Å². The molecule has 22 heavy (non-hydrogen) atoms. The number of amides is 1. The molecule has 0 aliphatic heterocycles. The first-order valence-corrected chi connectivity index (χ1v) is 6.85. The molecule has 1 aromatic carbocycles. The predicted octanol–water partition coefficient (Wildman–Crippen LogP) is 1.88. The van der Waals surface area contributed by atoms with Gasteiger partial charge in [-0.2, -0.15) is 0 Å². The minimum absolute atomic E-state index is 0.341. The van der Waals surface area contributed by atoms with Gasteiger partial charge in [0.2, 0.25) is 0 Å². The molecule has 0 saturated carbocycles. The van der Waals surface area contributed by atoms with Crippen LogP contribution in [0.25, 0.3) is 0 Å². The Labute approximate surface area is 129 Å². The lowest BCUT2D eigenvalue weighted by Gasteiger charge is -2.19. The Balaban J connectivity index is 2.22. The molecule has 7 nitrogen and oxygen atoms in total. The molecule has 0 aliphatic carbocycles. The van der Waals surface area contributed by atoms with Crippen LogP contribution >= 0.6 is 0 Å². The number of benzene rings is 1. The van der Waals surface area contributed by atoms with Gasteiger partial charge in [0, 0.05) is 6.54 Å². The lowest BCUT2D eigenvalue weighted by Crippen LogP contribution is -2.42.